The van der Waals surface area contributed by atoms with E-state index < -0.39 is 0 Å². The Balaban J connectivity index is -0.0000000573. The van der Waals surface area contributed by atoms with Gasteiger partial charge in [0.05, 0.1) is 0 Å². The van der Waals surface area contributed by atoms with Gasteiger partial charge in [0.15, 0.2) is 0 Å². The fourth-order valence-corrected chi connectivity index (χ4v) is 0.254. The van der Waals surface area contributed by atoms with Crippen LogP contribution in [-0.4, -0.2) is 0 Å². The van der Waals surface area contributed by atoms with Crippen LogP contribution in [0.3, 0.4) is 0 Å². The van der Waals surface area contributed by atoms with Crippen molar-refractivity contribution in [2.75, 3.05) is 0 Å². The molecule has 0 radical (unpaired) electrons. The summed E-state index contributed by atoms with van der Waals surface area (Å²) in [5.41, 5.74) is 0. The van der Waals surface area contributed by atoms with Crippen LogP contribution >= 0.6 is 0 Å². The number of hydrogen-bond acceptors (Lipinski definition) is 0. The summed E-state index contributed by atoms with van der Waals surface area (Å²) in [5.74, 6) is 0. The summed E-state index contributed by atoms with van der Waals surface area (Å²) in [5, 5.41) is 0. The molecule has 0 aliphatic carbocycles. The lowest BCUT2D eigenvalue weighted by molar-refractivity contribution is 1.50. The average molecular weight is 184 g/mol. The highest BCUT2D eigenvalue weighted by Gasteiger charge is 1.52. The second-order valence-corrected chi connectivity index (χ2v) is 1.15. The second kappa shape index (κ2) is 65.8. The first kappa shape index (κ1) is 22.8. The van der Waals surface area contributed by atoms with Gasteiger partial charge in [-0.25, -0.2) is 0 Å². The van der Waals surface area contributed by atoms with Gasteiger partial charge in [-0.05, 0) is 6.92 Å². The predicted molar refractivity (Wildman–Crippen MR) is 68.2 cm³/mol. The smallest absolute Gasteiger partial charge is 0.0467 e. The van der Waals surface area contributed by atoms with Crippen molar-refractivity contribution in [3.63, 3.8) is 0 Å². The highest BCUT2D eigenvalue weighted by Crippen LogP contribution is 1.74. The maximum atomic E-state index is 3.51. The summed E-state index contributed by atoms with van der Waals surface area (Å²) in [6.45, 7) is 17.5. The van der Waals surface area contributed by atoms with Crippen molar-refractivity contribution in [1.29, 1.82) is 0 Å². The molecular formula is C13H28. The van der Waals surface area contributed by atoms with Gasteiger partial charge in [-0.15, -0.1) is 0 Å². The van der Waals surface area contributed by atoms with Crippen LogP contribution < -0.4 is 0 Å². The van der Waals surface area contributed by atoms with Crippen molar-refractivity contribution in [2.45, 2.75) is 48.5 Å². The maximum absolute atomic E-state index is 3.51. The molecule has 0 amide bonds. The predicted octanol–water partition coefficient (Wildman–Crippen LogP) is 5.38. The van der Waals surface area contributed by atoms with Gasteiger partial charge in [-0.2, -0.15) is 0 Å². The van der Waals surface area contributed by atoms with Crippen LogP contribution in [0.1, 0.15) is 48.5 Å². The number of rotatable bonds is 2. The fraction of sp³-hybridized carbons (Fsp3) is 0.538. The van der Waals surface area contributed by atoms with E-state index in [0.717, 1.165) is 0 Å². The van der Waals surface area contributed by atoms with Crippen LogP contribution in [0, 0.1) is 0 Å². The van der Waals surface area contributed by atoms with Gasteiger partial charge in [-0.3, -0.25) is 0 Å². The van der Waals surface area contributed by atoms with Gasteiger partial charge in [0, 0.05) is 0 Å². The zero-order valence-corrected chi connectivity index (χ0v) is 10.6. The first-order valence-corrected chi connectivity index (χ1v) is 5.32. The maximum Gasteiger partial charge on any atom is -0.0467 e. The van der Waals surface area contributed by atoms with Crippen molar-refractivity contribution in [3.05, 3.63) is 37.0 Å². The van der Waals surface area contributed by atoms with Gasteiger partial charge in [0.2, 0.25) is 0 Å². The highest BCUT2D eigenvalue weighted by molar-refractivity contribution is 5.07. The van der Waals surface area contributed by atoms with Gasteiger partial charge in [-0.1, -0.05) is 78.5 Å². The Labute approximate surface area is 86.1 Å². The minimum absolute atomic E-state index is 1.75. The van der Waals surface area contributed by atoms with E-state index in [1.165, 1.54) is 0 Å². The van der Waals surface area contributed by atoms with Crippen molar-refractivity contribution in [1.82, 2.24) is 0 Å². The average Bonchev–Trinajstić information content (AvgIpc) is 2.27. The van der Waals surface area contributed by atoms with Gasteiger partial charge < -0.3 is 0 Å². The molecule has 0 aromatic heterocycles. The molecule has 0 bridgehead atoms. The molecule has 0 unspecified atom stereocenters. The van der Waals surface area contributed by atoms with Crippen molar-refractivity contribution >= 4 is 0 Å². The van der Waals surface area contributed by atoms with Gasteiger partial charge in [0.25, 0.3) is 0 Å². The van der Waals surface area contributed by atoms with Crippen LogP contribution in [0.2, 0.25) is 0 Å². The quantitative estimate of drug-likeness (QED) is 0.505. The minimum atomic E-state index is 1.75. The minimum Gasteiger partial charge on any atom is -0.0991 e. The van der Waals surface area contributed by atoms with Crippen LogP contribution in [0.4, 0.5) is 0 Å². The zero-order valence-electron chi connectivity index (χ0n) is 10.6. The molecular weight excluding hydrogens is 156 g/mol. The molecule has 0 aliphatic heterocycles. The third-order valence-corrected chi connectivity index (χ3v) is 0.551. The molecule has 0 atom stereocenters. The third-order valence-electron chi connectivity index (χ3n) is 0.551. The van der Waals surface area contributed by atoms with E-state index in [9.17, 15) is 0 Å². The molecule has 0 aliphatic rings. The lowest BCUT2D eigenvalue weighted by atomic mass is 10.4. The number of hydrogen-bond donors (Lipinski definition) is 0. The van der Waals surface area contributed by atoms with Gasteiger partial charge in [0.1, 0.15) is 0 Å². The Morgan fingerprint density at radius 3 is 1.31 bits per heavy atom. The summed E-state index contributed by atoms with van der Waals surface area (Å²) in [6.07, 6.45) is 9.51. The van der Waals surface area contributed by atoms with Crippen LogP contribution in [0.5, 0.6) is 0 Å². The molecule has 0 fully saturated rings. The van der Waals surface area contributed by atoms with Crippen molar-refractivity contribution in [3.8, 4) is 0 Å². The lowest BCUT2D eigenvalue weighted by Gasteiger charge is -1.65. The molecule has 0 heteroatoms. The fourth-order valence-electron chi connectivity index (χ4n) is 0.254. The first-order chi connectivity index (χ1) is 6.41. The SMILES string of the molecule is C=C/C=C\C=C/C.CC.CC.CC. The Kier molecular flexibility index (Phi) is 115. The lowest BCUT2D eigenvalue weighted by Crippen LogP contribution is -1.43. The Morgan fingerprint density at radius 2 is 1.08 bits per heavy atom. The van der Waals surface area contributed by atoms with Crippen molar-refractivity contribution < 1.29 is 0 Å². The second-order valence-electron chi connectivity index (χ2n) is 1.15. The first-order valence-electron chi connectivity index (χ1n) is 5.32. The van der Waals surface area contributed by atoms with E-state index in [1.54, 1.807) is 6.08 Å². The third kappa shape index (κ3) is 92.0. The molecule has 0 saturated heterocycles. The van der Waals surface area contributed by atoms with Crippen LogP contribution in [0.15, 0.2) is 37.0 Å². The van der Waals surface area contributed by atoms with E-state index in [1.807, 2.05) is 72.8 Å². The topological polar surface area (TPSA) is 0 Å². The van der Waals surface area contributed by atoms with E-state index in [0.29, 0.717) is 0 Å². The molecule has 0 aromatic carbocycles. The summed E-state index contributed by atoms with van der Waals surface area (Å²) in [4.78, 5) is 0. The zero-order chi connectivity index (χ0) is 11.5. The van der Waals surface area contributed by atoms with Crippen LogP contribution in [0.25, 0.3) is 0 Å². The largest absolute Gasteiger partial charge is 0.0991 e. The molecule has 0 heterocycles. The van der Waals surface area contributed by atoms with E-state index >= 15 is 0 Å². The highest BCUT2D eigenvalue weighted by atomic mass is 13.6. The summed E-state index contributed by atoms with van der Waals surface area (Å²) >= 11 is 0. The Hall–Kier alpha value is -0.780. The van der Waals surface area contributed by atoms with Crippen molar-refractivity contribution in [2.24, 2.45) is 0 Å². The Bertz CT molecular complexity index is 86.2. The summed E-state index contributed by atoms with van der Waals surface area (Å²) < 4.78 is 0. The van der Waals surface area contributed by atoms with E-state index in [4.69, 9.17) is 0 Å². The molecule has 80 valence electrons. The van der Waals surface area contributed by atoms with Crippen LogP contribution in [-0.2, 0) is 0 Å². The standard InChI is InChI=1S/C7H10.3C2H6/c1-3-5-7-6-4-2;3*1-2/h3-7H,1H2,2H3;3*1-2H3/b6-4-,7-5-;;;. The molecule has 0 spiro atoms. The molecule has 0 N–H and O–H groups in total. The number of allylic oxidation sites excluding steroid dienone is 5. The summed E-state index contributed by atoms with van der Waals surface area (Å²) in [6, 6.07) is 0. The Morgan fingerprint density at radius 1 is 0.692 bits per heavy atom. The normalized spacial score (nSPS) is 7.31. The molecule has 0 nitrogen and oxygen atoms in total. The monoisotopic (exact) mass is 184 g/mol. The molecule has 0 saturated carbocycles. The molecule has 0 rings (SSSR count). The van der Waals surface area contributed by atoms with E-state index in [-0.39, 0.29) is 0 Å². The van der Waals surface area contributed by atoms with E-state index in [2.05, 4.69) is 6.58 Å². The van der Waals surface area contributed by atoms with Gasteiger partial charge >= 0.3 is 0 Å². The summed E-state index contributed by atoms with van der Waals surface area (Å²) in [7, 11) is 0. The molecule has 13 heavy (non-hydrogen) atoms. The molecule has 0 aromatic rings.